The summed E-state index contributed by atoms with van der Waals surface area (Å²) in [5.74, 6) is 0.941. The van der Waals surface area contributed by atoms with Gasteiger partial charge in [0.05, 0.1) is 30.3 Å². The smallest absolute Gasteiger partial charge is 0.160 e. The highest BCUT2D eigenvalue weighted by molar-refractivity contribution is 5.86. The molecule has 2 aliphatic rings. The molecule has 0 radical (unpaired) electrons. The molecule has 3 aromatic rings. The summed E-state index contributed by atoms with van der Waals surface area (Å²) in [6, 6.07) is 11.0. The van der Waals surface area contributed by atoms with Gasteiger partial charge in [0.25, 0.3) is 0 Å². The summed E-state index contributed by atoms with van der Waals surface area (Å²) in [5.41, 5.74) is 2.13. The van der Waals surface area contributed by atoms with E-state index in [1.807, 2.05) is 0 Å². The van der Waals surface area contributed by atoms with Gasteiger partial charge in [0.1, 0.15) is 12.1 Å². The molecule has 0 unspecified atom stereocenters. The Kier molecular flexibility index (Phi) is 3.61. The highest BCUT2D eigenvalue weighted by atomic mass is 16.5. The molecule has 2 saturated heterocycles. The van der Waals surface area contributed by atoms with E-state index in [1.165, 1.54) is 5.56 Å². The molecule has 0 amide bonds. The number of nitrogens with zero attached hydrogens (tertiary/aromatic N) is 5. The van der Waals surface area contributed by atoms with Crippen molar-refractivity contribution in [1.82, 2.24) is 25.1 Å². The molecule has 2 atom stereocenters. The minimum atomic E-state index is 0.217. The zero-order valence-corrected chi connectivity index (χ0v) is 13.9. The topological polar surface area (TPSA) is 70.2 Å². The molecule has 25 heavy (non-hydrogen) atoms. The third kappa shape index (κ3) is 2.65. The van der Waals surface area contributed by atoms with Crippen molar-refractivity contribution in [3.8, 4) is 0 Å². The Morgan fingerprint density at radius 1 is 1.16 bits per heavy atom. The van der Waals surface area contributed by atoms with E-state index in [2.05, 4.69) is 60.3 Å². The first-order chi connectivity index (χ1) is 12.4. The van der Waals surface area contributed by atoms with E-state index in [9.17, 15) is 0 Å². The van der Waals surface area contributed by atoms with Crippen molar-refractivity contribution in [3.05, 3.63) is 48.4 Å². The Morgan fingerprint density at radius 3 is 3.00 bits per heavy atom. The van der Waals surface area contributed by atoms with Crippen LogP contribution < -0.4 is 4.90 Å². The standard InChI is InChI=1S/C18H20N6O/c1-2-4-13(5-3-1)9-23-6-7-25-16-11-24(10-15(16)23)18-14-8-21-22-17(14)19-12-20-18/h1-5,8,12,15-16H,6-7,9-11H2,(H,19,20,21,22)/t15-,16+/m0/s1. The Balaban J connectivity index is 1.39. The number of hydrogen-bond donors (Lipinski definition) is 1. The first kappa shape index (κ1) is 14.8. The fourth-order valence-corrected chi connectivity index (χ4v) is 3.95. The predicted molar refractivity (Wildman–Crippen MR) is 94.3 cm³/mol. The molecule has 0 spiro atoms. The number of fused-ring (bicyclic) bond motifs is 2. The van der Waals surface area contributed by atoms with E-state index < -0.39 is 0 Å². The molecule has 128 valence electrons. The Labute approximate surface area is 145 Å². The van der Waals surface area contributed by atoms with Gasteiger partial charge in [-0.1, -0.05) is 30.3 Å². The monoisotopic (exact) mass is 336 g/mol. The number of morpholine rings is 1. The summed E-state index contributed by atoms with van der Waals surface area (Å²) in [4.78, 5) is 13.6. The second-order valence-corrected chi connectivity index (χ2v) is 6.67. The minimum Gasteiger partial charge on any atom is -0.373 e. The lowest BCUT2D eigenvalue weighted by atomic mass is 10.1. The van der Waals surface area contributed by atoms with Crippen LogP contribution in [-0.2, 0) is 11.3 Å². The first-order valence-corrected chi connectivity index (χ1v) is 8.67. The molecule has 1 aromatic carbocycles. The molecule has 5 rings (SSSR count). The molecule has 0 aliphatic carbocycles. The van der Waals surface area contributed by atoms with Crippen molar-refractivity contribution in [2.75, 3.05) is 31.1 Å². The van der Waals surface area contributed by atoms with Gasteiger partial charge < -0.3 is 9.64 Å². The zero-order valence-electron chi connectivity index (χ0n) is 13.9. The van der Waals surface area contributed by atoms with Crippen LogP contribution >= 0.6 is 0 Å². The SMILES string of the molecule is c1ccc(CN2CCO[C@@H]3CN(c4ncnc5[nH]ncc45)C[C@@H]32)cc1. The van der Waals surface area contributed by atoms with Crippen LogP contribution in [-0.4, -0.2) is 63.5 Å². The Bertz CT molecular complexity index is 866. The molecular formula is C18H20N6O. The number of ether oxygens (including phenoxy) is 1. The van der Waals surface area contributed by atoms with E-state index in [0.29, 0.717) is 6.04 Å². The number of hydrogen-bond acceptors (Lipinski definition) is 6. The minimum absolute atomic E-state index is 0.217. The van der Waals surface area contributed by atoms with Gasteiger partial charge in [0.15, 0.2) is 5.65 Å². The largest absolute Gasteiger partial charge is 0.373 e. The van der Waals surface area contributed by atoms with Crippen molar-refractivity contribution in [1.29, 1.82) is 0 Å². The van der Waals surface area contributed by atoms with E-state index in [1.54, 1.807) is 12.5 Å². The Hall–Kier alpha value is -2.51. The number of rotatable bonds is 3. The molecule has 0 saturated carbocycles. The molecule has 2 aliphatic heterocycles. The normalized spacial score (nSPS) is 23.9. The number of H-pyrrole nitrogens is 1. The molecule has 2 fully saturated rings. The molecule has 1 N–H and O–H groups in total. The average molecular weight is 336 g/mol. The highest BCUT2D eigenvalue weighted by Gasteiger charge is 2.41. The van der Waals surface area contributed by atoms with Gasteiger partial charge in [-0.3, -0.25) is 10.00 Å². The highest BCUT2D eigenvalue weighted by Crippen LogP contribution is 2.30. The van der Waals surface area contributed by atoms with Crippen LogP contribution in [0, 0.1) is 0 Å². The van der Waals surface area contributed by atoms with Crippen LogP contribution in [0.3, 0.4) is 0 Å². The van der Waals surface area contributed by atoms with Crippen molar-refractivity contribution in [2.24, 2.45) is 0 Å². The quantitative estimate of drug-likeness (QED) is 0.780. The number of benzene rings is 1. The van der Waals surface area contributed by atoms with Crippen molar-refractivity contribution >= 4 is 16.9 Å². The average Bonchev–Trinajstić information content (AvgIpc) is 3.29. The third-order valence-electron chi connectivity index (χ3n) is 5.17. The van der Waals surface area contributed by atoms with Gasteiger partial charge in [-0.15, -0.1) is 0 Å². The van der Waals surface area contributed by atoms with Gasteiger partial charge in [0.2, 0.25) is 0 Å². The van der Waals surface area contributed by atoms with Crippen molar-refractivity contribution in [2.45, 2.75) is 18.7 Å². The molecule has 2 aromatic heterocycles. The number of anilines is 1. The summed E-state index contributed by atoms with van der Waals surface area (Å²) < 4.78 is 6.06. The second kappa shape index (κ2) is 6.09. The summed E-state index contributed by atoms with van der Waals surface area (Å²) >= 11 is 0. The lowest BCUT2D eigenvalue weighted by Gasteiger charge is -2.36. The van der Waals surface area contributed by atoms with Gasteiger partial charge in [-0.2, -0.15) is 5.10 Å². The van der Waals surface area contributed by atoms with Crippen LogP contribution in [0.4, 0.5) is 5.82 Å². The first-order valence-electron chi connectivity index (χ1n) is 8.67. The van der Waals surface area contributed by atoms with E-state index in [-0.39, 0.29) is 6.10 Å². The molecule has 7 nitrogen and oxygen atoms in total. The zero-order chi connectivity index (χ0) is 16.6. The number of aromatic amines is 1. The van der Waals surface area contributed by atoms with Crippen LogP contribution in [0.1, 0.15) is 5.56 Å². The second-order valence-electron chi connectivity index (χ2n) is 6.67. The molecule has 0 bridgehead atoms. The summed E-state index contributed by atoms with van der Waals surface area (Å²) in [6.45, 7) is 4.48. The van der Waals surface area contributed by atoms with Crippen molar-refractivity contribution in [3.63, 3.8) is 0 Å². The summed E-state index contributed by atoms with van der Waals surface area (Å²) in [5, 5.41) is 7.99. The van der Waals surface area contributed by atoms with Crippen LogP contribution in [0.15, 0.2) is 42.9 Å². The molecular weight excluding hydrogens is 316 g/mol. The van der Waals surface area contributed by atoms with Gasteiger partial charge in [-0.05, 0) is 5.56 Å². The maximum atomic E-state index is 6.06. The van der Waals surface area contributed by atoms with E-state index >= 15 is 0 Å². The van der Waals surface area contributed by atoms with Gasteiger partial charge in [0, 0.05) is 26.2 Å². The maximum absolute atomic E-state index is 6.06. The Morgan fingerprint density at radius 2 is 2.08 bits per heavy atom. The van der Waals surface area contributed by atoms with Gasteiger partial charge >= 0.3 is 0 Å². The third-order valence-corrected chi connectivity index (χ3v) is 5.17. The lowest BCUT2D eigenvalue weighted by Crippen LogP contribution is -2.50. The van der Waals surface area contributed by atoms with E-state index in [0.717, 1.165) is 49.6 Å². The van der Waals surface area contributed by atoms with Gasteiger partial charge in [-0.25, -0.2) is 9.97 Å². The predicted octanol–water partition coefficient (Wildman–Crippen LogP) is 1.44. The molecule has 4 heterocycles. The van der Waals surface area contributed by atoms with Crippen molar-refractivity contribution < 1.29 is 4.74 Å². The summed E-state index contributed by atoms with van der Waals surface area (Å²) in [7, 11) is 0. The lowest BCUT2D eigenvalue weighted by molar-refractivity contribution is -0.0499. The van der Waals surface area contributed by atoms with Crippen LogP contribution in [0.25, 0.3) is 11.0 Å². The van der Waals surface area contributed by atoms with Crippen LogP contribution in [0.2, 0.25) is 0 Å². The fraction of sp³-hybridized carbons (Fsp3) is 0.389. The number of aromatic nitrogens is 4. The van der Waals surface area contributed by atoms with Crippen LogP contribution in [0.5, 0.6) is 0 Å². The number of nitrogens with one attached hydrogen (secondary N) is 1. The summed E-state index contributed by atoms with van der Waals surface area (Å²) in [6.07, 6.45) is 3.62. The fourth-order valence-electron chi connectivity index (χ4n) is 3.95. The maximum Gasteiger partial charge on any atom is 0.160 e. The van der Waals surface area contributed by atoms with E-state index in [4.69, 9.17) is 4.74 Å². The molecule has 7 heteroatoms.